The van der Waals surface area contributed by atoms with Gasteiger partial charge in [0, 0.05) is 0 Å². The number of allylic oxidation sites excluding steroid dienone is 8. The average molecular weight is 783 g/mol. The molecule has 0 N–H and O–H groups in total. The Hall–Kier alpha value is -1.04. The van der Waals surface area contributed by atoms with E-state index < -0.39 is 0 Å². The van der Waals surface area contributed by atoms with Crippen LogP contribution in [-0.4, -0.2) is 0 Å². The van der Waals surface area contributed by atoms with Crippen molar-refractivity contribution in [1.29, 1.82) is 0 Å². The van der Waals surface area contributed by atoms with Gasteiger partial charge < -0.3 is 0 Å². The molecule has 10 fully saturated rings. The molecular weight excluding hydrogens is 697 g/mol. The van der Waals surface area contributed by atoms with E-state index in [-0.39, 0.29) is 0 Å². The molecule has 318 valence electrons. The number of rotatable bonds is 7. The summed E-state index contributed by atoms with van der Waals surface area (Å²) in [5, 5.41) is 0. The molecule has 24 unspecified atom stereocenters. The summed E-state index contributed by atoms with van der Waals surface area (Å²) < 4.78 is 0. The van der Waals surface area contributed by atoms with Crippen LogP contribution in [0.3, 0.4) is 0 Å². The van der Waals surface area contributed by atoms with Crippen molar-refractivity contribution in [3.63, 3.8) is 0 Å². The van der Waals surface area contributed by atoms with Crippen molar-refractivity contribution in [1.82, 2.24) is 0 Å². The molecule has 0 heteroatoms. The lowest BCUT2D eigenvalue weighted by atomic mass is 9.62. The highest BCUT2D eigenvalue weighted by molar-refractivity contribution is 5.20. The van der Waals surface area contributed by atoms with Gasteiger partial charge in [-0.1, -0.05) is 133 Å². The van der Waals surface area contributed by atoms with Crippen molar-refractivity contribution in [3.05, 3.63) is 48.6 Å². The standard InChI is InChI=1S/C58H86/c1-35-13-3-6-16-43(35)56-34-54(55-33-38-15-5-8-18-48(38)58(55)56)51-20-10-9-19-50(51)53-32-41(46-23-12-24-49(46)53)27-28-42-30-40(52-31-37-14-4-7-17-47(37)57(42)52)26-25-39-29-36(2)44-21-11-22-45(39)44/h11-12,22,24-28,35-58H,3-10,13-21,23,29-34H2,1-2H3/b26-25-,28-27-. The molecule has 12 aliphatic carbocycles. The fourth-order valence-corrected chi connectivity index (χ4v) is 21.1. The Morgan fingerprint density at radius 2 is 0.879 bits per heavy atom. The first-order valence-corrected chi connectivity index (χ1v) is 27.3. The molecule has 0 radical (unpaired) electrons. The Bertz CT molecular complexity index is 1580. The predicted molar refractivity (Wildman–Crippen MR) is 242 cm³/mol. The van der Waals surface area contributed by atoms with Gasteiger partial charge in [-0.3, -0.25) is 0 Å². The van der Waals surface area contributed by atoms with Gasteiger partial charge >= 0.3 is 0 Å². The van der Waals surface area contributed by atoms with Crippen LogP contribution in [-0.2, 0) is 0 Å². The van der Waals surface area contributed by atoms with E-state index in [4.69, 9.17) is 0 Å². The zero-order valence-corrected chi connectivity index (χ0v) is 37.4. The molecule has 0 nitrogen and oxygen atoms in total. The predicted octanol–water partition coefficient (Wildman–Crippen LogP) is 15.6. The second-order valence-corrected chi connectivity index (χ2v) is 25.1. The zero-order chi connectivity index (χ0) is 38.5. The highest BCUT2D eigenvalue weighted by atomic mass is 14.6. The van der Waals surface area contributed by atoms with E-state index >= 15 is 0 Å². The lowest BCUT2D eigenvalue weighted by Gasteiger charge is -2.43. The lowest BCUT2D eigenvalue weighted by Crippen LogP contribution is -2.35. The van der Waals surface area contributed by atoms with Gasteiger partial charge in [0.05, 0.1) is 0 Å². The summed E-state index contributed by atoms with van der Waals surface area (Å²) in [6, 6.07) is 0. The van der Waals surface area contributed by atoms with Crippen molar-refractivity contribution in [3.8, 4) is 0 Å². The Morgan fingerprint density at radius 1 is 0.328 bits per heavy atom. The molecule has 0 aliphatic heterocycles. The summed E-state index contributed by atoms with van der Waals surface area (Å²) in [5.41, 5.74) is 0. The molecule has 10 saturated carbocycles. The SMILES string of the molecule is CC1CC(/C=C\C2CC(/C=C\C3CC(C4CCCCC4C4CC(C5CCCCC5C)C5C6CCCCC6CC45)C4C=CCC34)C3C2CC2CCCCC23)C2C=CCC12. The fraction of sp³-hybridized carbons (Fsp3) is 0.862. The first kappa shape index (κ1) is 38.6. The molecule has 0 saturated heterocycles. The van der Waals surface area contributed by atoms with E-state index in [2.05, 4.69) is 62.5 Å². The molecule has 0 bridgehead atoms. The van der Waals surface area contributed by atoms with Crippen molar-refractivity contribution < 1.29 is 0 Å². The number of hydrogen-bond acceptors (Lipinski definition) is 0. The molecule has 0 amide bonds. The first-order chi connectivity index (χ1) is 28.6. The van der Waals surface area contributed by atoms with Crippen LogP contribution in [0.4, 0.5) is 0 Å². The summed E-state index contributed by atoms with van der Waals surface area (Å²) in [4.78, 5) is 0. The third-order valence-electron chi connectivity index (χ3n) is 23.1. The van der Waals surface area contributed by atoms with E-state index in [1.807, 2.05) is 0 Å². The highest BCUT2D eigenvalue weighted by Crippen LogP contribution is 2.67. The summed E-state index contributed by atoms with van der Waals surface area (Å²) in [6.07, 6.45) is 59.1. The summed E-state index contributed by atoms with van der Waals surface area (Å²) in [6.45, 7) is 5.25. The second kappa shape index (κ2) is 15.9. The normalized spacial score (nSPS) is 56.9. The van der Waals surface area contributed by atoms with E-state index in [1.54, 1.807) is 96.3 Å². The molecule has 0 aromatic rings. The van der Waals surface area contributed by atoms with Crippen LogP contribution in [0, 0.1) is 142 Å². The van der Waals surface area contributed by atoms with Crippen molar-refractivity contribution >= 4 is 0 Å². The maximum Gasteiger partial charge on any atom is -0.0137 e. The Balaban J connectivity index is 0.784. The molecule has 12 aliphatic rings. The largest absolute Gasteiger partial charge is 0.0879 e. The van der Waals surface area contributed by atoms with E-state index in [1.165, 1.54) is 57.8 Å². The second-order valence-electron chi connectivity index (χ2n) is 25.1. The third-order valence-corrected chi connectivity index (χ3v) is 23.1. The van der Waals surface area contributed by atoms with Crippen LogP contribution < -0.4 is 0 Å². The Labute approximate surface area is 357 Å². The maximum absolute atomic E-state index is 2.95. The fourth-order valence-electron chi connectivity index (χ4n) is 21.1. The van der Waals surface area contributed by atoms with E-state index in [9.17, 15) is 0 Å². The molecule has 0 aromatic heterocycles. The Kier molecular flexibility index (Phi) is 10.6. The minimum atomic E-state index is 0.816. The van der Waals surface area contributed by atoms with Crippen LogP contribution in [0.1, 0.15) is 168 Å². The van der Waals surface area contributed by atoms with Gasteiger partial charge in [-0.2, -0.15) is 0 Å². The summed E-state index contributed by atoms with van der Waals surface area (Å²) in [7, 11) is 0. The number of hydrogen-bond donors (Lipinski definition) is 0. The van der Waals surface area contributed by atoms with Gasteiger partial charge in [0.2, 0.25) is 0 Å². The van der Waals surface area contributed by atoms with Gasteiger partial charge in [0.25, 0.3) is 0 Å². The van der Waals surface area contributed by atoms with Crippen LogP contribution in [0.2, 0.25) is 0 Å². The molecule has 24 atom stereocenters. The van der Waals surface area contributed by atoms with Crippen LogP contribution in [0.25, 0.3) is 0 Å². The quantitative estimate of drug-likeness (QED) is 0.226. The number of fused-ring (bicyclic) bond motifs is 8. The monoisotopic (exact) mass is 783 g/mol. The lowest BCUT2D eigenvalue weighted by molar-refractivity contribution is 0.0680. The van der Waals surface area contributed by atoms with Gasteiger partial charge in [-0.15, -0.1) is 0 Å². The van der Waals surface area contributed by atoms with E-state index in [0.29, 0.717) is 0 Å². The zero-order valence-electron chi connectivity index (χ0n) is 37.4. The van der Waals surface area contributed by atoms with Gasteiger partial charge in [0.1, 0.15) is 0 Å². The first-order valence-electron chi connectivity index (χ1n) is 27.3. The molecule has 12 rings (SSSR count). The highest BCUT2D eigenvalue weighted by Gasteiger charge is 2.60. The minimum absolute atomic E-state index is 0.816. The maximum atomic E-state index is 2.95. The smallest absolute Gasteiger partial charge is 0.0137 e. The minimum Gasteiger partial charge on any atom is -0.0879 e. The average Bonchev–Trinajstić information content (AvgIpc) is 4.11. The molecule has 0 spiro atoms. The molecule has 58 heavy (non-hydrogen) atoms. The van der Waals surface area contributed by atoms with Gasteiger partial charge in [-0.25, -0.2) is 0 Å². The van der Waals surface area contributed by atoms with E-state index in [0.717, 1.165) is 142 Å². The van der Waals surface area contributed by atoms with Crippen molar-refractivity contribution in [2.24, 2.45) is 142 Å². The van der Waals surface area contributed by atoms with Gasteiger partial charge in [-0.05, 0) is 226 Å². The Morgan fingerprint density at radius 3 is 1.64 bits per heavy atom. The summed E-state index contributed by atoms with van der Waals surface area (Å²) in [5.74, 6) is 23.6. The topological polar surface area (TPSA) is 0 Å². The third kappa shape index (κ3) is 6.50. The van der Waals surface area contributed by atoms with Crippen molar-refractivity contribution in [2.75, 3.05) is 0 Å². The van der Waals surface area contributed by atoms with Crippen LogP contribution in [0.5, 0.6) is 0 Å². The van der Waals surface area contributed by atoms with Gasteiger partial charge in [0.15, 0.2) is 0 Å². The van der Waals surface area contributed by atoms with Crippen LogP contribution in [0.15, 0.2) is 48.6 Å². The van der Waals surface area contributed by atoms with Crippen molar-refractivity contribution in [2.45, 2.75) is 168 Å². The summed E-state index contributed by atoms with van der Waals surface area (Å²) >= 11 is 0. The molecule has 0 heterocycles. The molecule has 0 aromatic carbocycles. The van der Waals surface area contributed by atoms with Crippen LogP contribution >= 0.6 is 0 Å². The molecular formula is C58H86.